The van der Waals surface area contributed by atoms with Crippen LogP contribution in [0.3, 0.4) is 0 Å². The topological polar surface area (TPSA) is 9.72 Å². The molecule has 0 amide bonds. The Bertz CT molecular complexity index is 234. The maximum Gasteiger partial charge on any atom is 0.0113 e. The summed E-state index contributed by atoms with van der Waals surface area (Å²) in [6.45, 7) is 17.3. The highest BCUT2D eigenvalue weighted by Gasteiger charge is 2.26. The summed E-state index contributed by atoms with van der Waals surface area (Å²) in [6, 6.07) is 0.721. The summed E-state index contributed by atoms with van der Waals surface area (Å²) in [4.78, 5) is 7.95. The second-order valence-corrected chi connectivity index (χ2v) is 6.39. The molecule has 0 spiro atoms. The molecule has 0 aromatic rings. The van der Waals surface area contributed by atoms with E-state index >= 15 is 0 Å². The van der Waals surface area contributed by atoms with E-state index in [4.69, 9.17) is 0 Å². The number of hydrogen-bond acceptors (Lipinski definition) is 3. The molecule has 2 heterocycles. The van der Waals surface area contributed by atoms with Crippen LogP contribution in [0, 0.1) is 5.92 Å². The first-order valence-electron chi connectivity index (χ1n) is 7.87. The molecule has 2 aliphatic rings. The molecule has 106 valence electrons. The van der Waals surface area contributed by atoms with Gasteiger partial charge in [-0.1, -0.05) is 6.92 Å². The fourth-order valence-electron chi connectivity index (χ4n) is 3.41. The van der Waals surface area contributed by atoms with Crippen molar-refractivity contribution in [3.8, 4) is 0 Å². The number of hydrogen-bond donors (Lipinski definition) is 0. The average Bonchev–Trinajstić information content (AvgIpc) is 2.78. The maximum atomic E-state index is 2.69. The largest absolute Gasteiger partial charge is 0.303 e. The van der Waals surface area contributed by atoms with Gasteiger partial charge >= 0.3 is 0 Å². The zero-order valence-corrected chi connectivity index (χ0v) is 12.6. The zero-order chi connectivity index (χ0) is 13.0. The normalized spacial score (nSPS) is 28.3. The van der Waals surface area contributed by atoms with Crippen LogP contribution in [0.4, 0.5) is 0 Å². The minimum absolute atomic E-state index is 0.721. The first-order valence-corrected chi connectivity index (χ1v) is 7.87. The predicted octanol–water partition coefficient (Wildman–Crippen LogP) is 1.74. The standard InChI is InChI=1S/C15H31N3/c1-4-6-16-7-5-15(12-16)13-17-8-10-18(11-9-17)14(2)3/h14-15H,4-13H2,1-3H3/t15-/m0/s1. The van der Waals surface area contributed by atoms with Crippen molar-refractivity contribution in [3.63, 3.8) is 0 Å². The summed E-state index contributed by atoms with van der Waals surface area (Å²) in [7, 11) is 0. The van der Waals surface area contributed by atoms with Gasteiger partial charge in [0, 0.05) is 45.3 Å². The van der Waals surface area contributed by atoms with Crippen molar-refractivity contribution < 1.29 is 0 Å². The molecular formula is C15H31N3. The molecular weight excluding hydrogens is 222 g/mol. The van der Waals surface area contributed by atoms with Gasteiger partial charge < -0.3 is 9.80 Å². The van der Waals surface area contributed by atoms with Crippen LogP contribution in [-0.4, -0.2) is 73.1 Å². The van der Waals surface area contributed by atoms with Crippen LogP contribution >= 0.6 is 0 Å². The van der Waals surface area contributed by atoms with Crippen LogP contribution in [0.5, 0.6) is 0 Å². The van der Waals surface area contributed by atoms with Gasteiger partial charge in [-0.2, -0.15) is 0 Å². The van der Waals surface area contributed by atoms with E-state index in [1.165, 1.54) is 65.2 Å². The lowest BCUT2D eigenvalue weighted by atomic mass is 10.1. The fourth-order valence-corrected chi connectivity index (χ4v) is 3.41. The molecule has 0 aromatic carbocycles. The molecule has 2 fully saturated rings. The summed E-state index contributed by atoms with van der Waals surface area (Å²) in [5.41, 5.74) is 0. The van der Waals surface area contributed by atoms with Crippen molar-refractivity contribution >= 4 is 0 Å². The van der Waals surface area contributed by atoms with E-state index in [9.17, 15) is 0 Å². The Balaban J connectivity index is 1.66. The van der Waals surface area contributed by atoms with Gasteiger partial charge in [0.05, 0.1) is 0 Å². The van der Waals surface area contributed by atoms with E-state index in [1.807, 2.05) is 0 Å². The minimum atomic E-state index is 0.721. The highest BCUT2D eigenvalue weighted by molar-refractivity contribution is 4.81. The van der Waals surface area contributed by atoms with Gasteiger partial charge in [0.1, 0.15) is 0 Å². The number of nitrogens with zero attached hydrogens (tertiary/aromatic N) is 3. The lowest BCUT2D eigenvalue weighted by molar-refractivity contribution is 0.0973. The third-order valence-electron chi connectivity index (χ3n) is 4.56. The van der Waals surface area contributed by atoms with Crippen molar-refractivity contribution in [1.82, 2.24) is 14.7 Å². The van der Waals surface area contributed by atoms with Gasteiger partial charge in [-0.15, -0.1) is 0 Å². The molecule has 2 saturated heterocycles. The van der Waals surface area contributed by atoms with Crippen molar-refractivity contribution in [1.29, 1.82) is 0 Å². The van der Waals surface area contributed by atoms with Crippen LogP contribution in [-0.2, 0) is 0 Å². The van der Waals surface area contributed by atoms with Gasteiger partial charge in [-0.25, -0.2) is 0 Å². The molecule has 2 aliphatic heterocycles. The van der Waals surface area contributed by atoms with E-state index in [0.29, 0.717) is 0 Å². The number of piperazine rings is 1. The Morgan fingerprint density at radius 3 is 2.33 bits per heavy atom. The summed E-state index contributed by atoms with van der Waals surface area (Å²) >= 11 is 0. The molecule has 0 radical (unpaired) electrons. The van der Waals surface area contributed by atoms with E-state index in [-0.39, 0.29) is 0 Å². The Kier molecular flexibility index (Phi) is 5.46. The van der Waals surface area contributed by atoms with E-state index < -0.39 is 0 Å². The van der Waals surface area contributed by atoms with Crippen molar-refractivity contribution in [3.05, 3.63) is 0 Å². The molecule has 3 heteroatoms. The zero-order valence-electron chi connectivity index (χ0n) is 12.6. The SMILES string of the molecule is CCCN1CC[C@H](CN2CCN(C(C)C)CC2)C1. The van der Waals surface area contributed by atoms with Crippen molar-refractivity contribution in [2.75, 3.05) is 52.4 Å². The molecule has 0 aliphatic carbocycles. The molecule has 18 heavy (non-hydrogen) atoms. The van der Waals surface area contributed by atoms with Crippen LogP contribution in [0.15, 0.2) is 0 Å². The lowest BCUT2D eigenvalue weighted by Crippen LogP contribution is -2.50. The number of rotatable bonds is 5. The lowest BCUT2D eigenvalue weighted by Gasteiger charge is -2.37. The highest BCUT2D eigenvalue weighted by Crippen LogP contribution is 2.18. The minimum Gasteiger partial charge on any atom is -0.303 e. The van der Waals surface area contributed by atoms with Crippen molar-refractivity contribution in [2.24, 2.45) is 5.92 Å². The van der Waals surface area contributed by atoms with Crippen LogP contribution in [0.2, 0.25) is 0 Å². The Labute approximate surface area is 113 Å². The van der Waals surface area contributed by atoms with Crippen LogP contribution < -0.4 is 0 Å². The number of likely N-dealkylation sites (tertiary alicyclic amines) is 1. The second-order valence-electron chi connectivity index (χ2n) is 6.39. The summed E-state index contributed by atoms with van der Waals surface area (Å²) in [6.07, 6.45) is 2.73. The quantitative estimate of drug-likeness (QED) is 0.739. The summed E-state index contributed by atoms with van der Waals surface area (Å²) in [5.74, 6) is 0.933. The molecule has 0 saturated carbocycles. The second kappa shape index (κ2) is 6.88. The maximum absolute atomic E-state index is 2.69. The Morgan fingerprint density at radius 2 is 1.72 bits per heavy atom. The van der Waals surface area contributed by atoms with Crippen molar-refractivity contribution in [2.45, 2.75) is 39.7 Å². The molecule has 0 bridgehead atoms. The van der Waals surface area contributed by atoms with E-state index in [2.05, 4.69) is 35.5 Å². The van der Waals surface area contributed by atoms with Gasteiger partial charge in [0.15, 0.2) is 0 Å². The fraction of sp³-hybridized carbons (Fsp3) is 1.00. The van der Waals surface area contributed by atoms with E-state index in [1.54, 1.807) is 0 Å². The highest BCUT2D eigenvalue weighted by atomic mass is 15.3. The molecule has 0 N–H and O–H groups in total. The summed E-state index contributed by atoms with van der Waals surface area (Å²) in [5, 5.41) is 0. The smallest absolute Gasteiger partial charge is 0.0113 e. The molecule has 2 rings (SSSR count). The molecule has 0 aromatic heterocycles. The Hall–Kier alpha value is -0.120. The molecule has 3 nitrogen and oxygen atoms in total. The first kappa shape index (κ1) is 14.3. The van der Waals surface area contributed by atoms with Gasteiger partial charge in [-0.05, 0) is 45.7 Å². The average molecular weight is 253 g/mol. The molecule has 0 unspecified atom stereocenters. The third kappa shape index (κ3) is 3.94. The predicted molar refractivity (Wildman–Crippen MR) is 78.0 cm³/mol. The Morgan fingerprint density at radius 1 is 1.00 bits per heavy atom. The van der Waals surface area contributed by atoms with Gasteiger partial charge in [0.2, 0.25) is 0 Å². The van der Waals surface area contributed by atoms with Crippen LogP contribution in [0.25, 0.3) is 0 Å². The van der Waals surface area contributed by atoms with Gasteiger partial charge in [0.25, 0.3) is 0 Å². The first-order chi connectivity index (χ1) is 8.69. The van der Waals surface area contributed by atoms with E-state index in [0.717, 1.165) is 12.0 Å². The van der Waals surface area contributed by atoms with Crippen LogP contribution in [0.1, 0.15) is 33.6 Å². The van der Waals surface area contributed by atoms with Gasteiger partial charge in [-0.3, -0.25) is 4.90 Å². The summed E-state index contributed by atoms with van der Waals surface area (Å²) < 4.78 is 0. The monoisotopic (exact) mass is 253 g/mol. The molecule has 1 atom stereocenters. The third-order valence-corrected chi connectivity index (χ3v) is 4.56.